The van der Waals surface area contributed by atoms with Gasteiger partial charge in [0, 0.05) is 12.7 Å². The van der Waals surface area contributed by atoms with Crippen molar-refractivity contribution in [3.8, 4) is 5.75 Å². The zero-order chi connectivity index (χ0) is 16.7. The summed E-state index contributed by atoms with van der Waals surface area (Å²) in [4.78, 5) is 0. The van der Waals surface area contributed by atoms with E-state index in [1.54, 1.807) is 31.2 Å². The van der Waals surface area contributed by atoms with Gasteiger partial charge in [0.25, 0.3) is 0 Å². The van der Waals surface area contributed by atoms with Gasteiger partial charge < -0.3 is 29.9 Å². The molecule has 124 valence electrons. The van der Waals surface area contributed by atoms with Crippen molar-refractivity contribution in [2.24, 2.45) is 0 Å². The Morgan fingerprint density at radius 2 is 1.82 bits per heavy atom. The van der Waals surface area contributed by atoms with Crippen LogP contribution in [-0.4, -0.2) is 59.1 Å². The first-order valence-electron chi connectivity index (χ1n) is 6.98. The van der Waals surface area contributed by atoms with Crippen molar-refractivity contribution in [3.63, 3.8) is 0 Å². The summed E-state index contributed by atoms with van der Waals surface area (Å²) in [5.74, 6) is 0.535. The maximum atomic E-state index is 9.94. The summed E-state index contributed by atoms with van der Waals surface area (Å²) >= 11 is 0. The predicted molar refractivity (Wildman–Crippen MR) is 82.4 cm³/mol. The molecule has 0 spiro atoms. The Labute approximate surface area is 130 Å². The van der Waals surface area contributed by atoms with Gasteiger partial charge in [0.15, 0.2) is 0 Å². The number of benzene rings is 1. The normalized spacial score (nSPS) is 17.2. The minimum Gasteiger partial charge on any atom is -0.496 e. The standard InChI is InChI=1S/C16H24O6/c1-10(21-2)15(19)16(20)13(18)8-7-11-5-4-6-14(22-3)12(11)9-17/h4-8,10,13,15-20H,9H2,1-3H3. The van der Waals surface area contributed by atoms with E-state index in [1.165, 1.54) is 20.3 Å². The molecule has 1 rings (SSSR count). The van der Waals surface area contributed by atoms with Gasteiger partial charge in [-0.15, -0.1) is 0 Å². The molecule has 0 heterocycles. The van der Waals surface area contributed by atoms with Crippen molar-refractivity contribution in [1.82, 2.24) is 0 Å². The minimum absolute atomic E-state index is 0.217. The van der Waals surface area contributed by atoms with Crippen LogP contribution >= 0.6 is 0 Å². The molecule has 4 atom stereocenters. The Hall–Kier alpha value is -1.44. The van der Waals surface area contributed by atoms with Crippen molar-refractivity contribution in [2.75, 3.05) is 14.2 Å². The molecule has 0 aliphatic heterocycles. The first-order chi connectivity index (χ1) is 10.5. The highest BCUT2D eigenvalue weighted by molar-refractivity contribution is 5.58. The second-order valence-electron chi connectivity index (χ2n) is 4.96. The first kappa shape index (κ1) is 18.6. The second kappa shape index (κ2) is 8.87. The second-order valence-corrected chi connectivity index (χ2v) is 4.96. The highest BCUT2D eigenvalue weighted by Gasteiger charge is 2.27. The Morgan fingerprint density at radius 3 is 2.36 bits per heavy atom. The highest BCUT2D eigenvalue weighted by atomic mass is 16.5. The lowest BCUT2D eigenvalue weighted by Gasteiger charge is -2.25. The van der Waals surface area contributed by atoms with Gasteiger partial charge in [-0.2, -0.15) is 0 Å². The third-order valence-corrected chi connectivity index (χ3v) is 3.57. The summed E-state index contributed by atoms with van der Waals surface area (Å²) in [7, 11) is 2.91. The van der Waals surface area contributed by atoms with Gasteiger partial charge in [0.2, 0.25) is 0 Å². The van der Waals surface area contributed by atoms with Crippen LogP contribution in [-0.2, 0) is 11.3 Å². The predicted octanol–water partition coefficient (Wildman–Crippen LogP) is 0.318. The topological polar surface area (TPSA) is 99.4 Å². The number of ether oxygens (including phenoxy) is 2. The third-order valence-electron chi connectivity index (χ3n) is 3.57. The fourth-order valence-electron chi connectivity index (χ4n) is 2.03. The van der Waals surface area contributed by atoms with E-state index in [-0.39, 0.29) is 6.61 Å². The molecule has 6 heteroatoms. The molecule has 0 aromatic heterocycles. The number of methoxy groups -OCH3 is 2. The van der Waals surface area contributed by atoms with Crippen LogP contribution < -0.4 is 4.74 Å². The van der Waals surface area contributed by atoms with Crippen LogP contribution in [0.15, 0.2) is 24.3 Å². The zero-order valence-corrected chi connectivity index (χ0v) is 13.0. The quantitative estimate of drug-likeness (QED) is 0.552. The van der Waals surface area contributed by atoms with Crippen LogP contribution in [0.3, 0.4) is 0 Å². The van der Waals surface area contributed by atoms with Crippen LogP contribution in [0.1, 0.15) is 18.1 Å². The molecule has 6 nitrogen and oxygen atoms in total. The summed E-state index contributed by atoms with van der Waals surface area (Å²) in [5, 5.41) is 39.0. The summed E-state index contributed by atoms with van der Waals surface area (Å²) in [6.45, 7) is 1.38. The van der Waals surface area contributed by atoms with Gasteiger partial charge >= 0.3 is 0 Å². The smallest absolute Gasteiger partial charge is 0.124 e. The fourth-order valence-corrected chi connectivity index (χ4v) is 2.03. The van der Waals surface area contributed by atoms with E-state index in [1.807, 2.05) is 0 Å². The molecule has 0 saturated carbocycles. The van der Waals surface area contributed by atoms with E-state index in [9.17, 15) is 20.4 Å². The Kier molecular flexibility index (Phi) is 7.50. The van der Waals surface area contributed by atoms with Crippen LogP contribution in [0.4, 0.5) is 0 Å². The van der Waals surface area contributed by atoms with E-state index in [4.69, 9.17) is 9.47 Å². The average Bonchev–Trinajstić information content (AvgIpc) is 2.56. The van der Waals surface area contributed by atoms with Crippen LogP contribution in [0.2, 0.25) is 0 Å². The summed E-state index contributed by atoms with van der Waals surface area (Å²) in [6, 6.07) is 5.22. The molecule has 4 N–H and O–H groups in total. The van der Waals surface area contributed by atoms with E-state index in [0.717, 1.165) is 0 Å². The monoisotopic (exact) mass is 312 g/mol. The summed E-state index contributed by atoms with van der Waals surface area (Å²) in [5.41, 5.74) is 1.23. The fraction of sp³-hybridized carbons (Fsp3) is 0.500. The van der Waals surface area contributed by atoms with Crippen molar-refractivity contribution in [3.05, 3.63) is 35.4 Å². The molecular weight excluding hydrogens is 288 g/mol. The Balaban J connectivity index is 2.88. The molecule has 0 fully saturated rings. The molecular formula is C16H24O6. The van der Waals surface area contributed by atoms with Crippen molar-refractivity contribution < 1.29 is 29.9 Å². The number of aliphatic hydroxyl groups excluding tert-OH is 4. The maximum Gasteiger partial charge on any atom is 0.124 e. The van der Waals surface area contributed by atoms with Crippen LogP contribution in [0.25, 0.3) is 6.08 Å². The van der Waals surface area contributed by atoms with Gasteiger partial charge in [-0.05, 0) is 18.6 Å². The lowest BCUT2D eigenvalue weighted by atomic mass is 10.0. The highest BCUT2D eigenvalue weighted by Crippen LogP contribution is 2.23. The molecule has 22 heavy (non-hydrogen) atoms. The SMILES string of the molecule is COc1cccc(C=CC(O)C(O)C(O)C(C)OC)c1CO. The average molecular weight is 312 g/mol. The van der Waals surface area contributed by atoms with Crippen LogP contribution in [0, 0.1) is 0 Å². The van der Waals surface area contributed by atoms with Crippen molar-refractivity contribution in [1.29, 1.82) is 0 Å². The van der Waals surface area contributed by atoms with E-state index < -0.39 is 24.4 Å². The minimum atomic E-state index is -1.38. The number of hydrogen-bond acceptors (Lipinski definition) is 6. The molecule has 0 radical (unpaired) electrons. The van der Waals surface area contributed by atoms with Crippen molar-refractivity contribution in [2.45, 2.75) is 37.9 Å². The number of rotatable bonds is 8. The van der Waals surface area contributed by atoms with Crippen LogP contribution in [0.5, 0.6) is 5.75 Å². The lowest BCUT2D eigenvalue weighted by Crippen LogP contribution is -2.43. The molecule has 0 saturated heterocycles. The third kappa shape index (κ3) is 4.53. The first-order valence-corrected chi connectivity index (χ1v) is 6.98. The van der Waals surface area contributed by atoms with E-state index in [0.29, 0.717) is 16.9 Å². The van der Waals surface area contributed by atoms with Crippen molar-refractivity contribution >= 4 is 6.08 Å². The molecule has 4 unspecified atom stereocenters. The Morgan fingerprint density at radius 1 is 1.14 bits per heavy atom. The Bertz CT molecular complexity index is 488. The van der Waals surface area contributed by atoms with E-state index >= 15 is 0 Å². The molecule has 1 aromatic carbocycles. The zero-order valence-electron chi connectivity index (χ0n) is 13.0. The maximum absolute atomic E-state index is 9.94. The molecule has 0 aliphatic rings. The summed E-state index contributed by atoms with van der Waals surface area (Å²) in [6.07, 6.45) is -1.56. The van der Waals surface area contributed by atoms with E-state index in [2.05, 4.69) is 0 Å². The van der Waals surface area contributed by atoms with Gasteiger partial charge in [-0.1, -0.05) is 24.3 Å². The summed E-state index contributed by atoms with van der Waals surface area (Å²) < 4.78 is 10.1. The molecule has 0 aliphatic carbocycles. The van der Waals surface area contributed by atoms with Gasteiger partial charge in [0.1, 0.15) is 24.1 Å². The van der Waals surface area contributed by atoms with Gasteiger partial charge in [0.05, 0.1) is 19.8 Å². The number of hydrogen-bond donors (Lipinski definition) is 4. The molecule has 1 aromatic rings. The molecule has 0 amide bonds. The van der Waals surface area contributed by atoms with Gasteiger partial charge in [-0.25, -0.2) is 0 Å². The van der Waals surface area contributed by atoms with Gasteiger partial charge in [-0.3, -0.25) is 0 Å². The largest absolute Gasteiger partial charge is 0.496 e. The molecule has 0 bridgehead atoms. The number of aliphatic hydroxyl groups is 4. The lowest BCUT2D eigenvalue weighted by molar-refractivity contribution is -0.0979.